The molecule has 1 aliphatic heterocycles. The highest BCUT2D eigenvalue weighted by molar-refractivity contribution is 5.97. The Labute approximate surface area is 166 Å². The average Bonchev–Trinajstić information content (AvgIpc) is 3.18. The van der Waals surface area contributed by atoms with Crippen molar-refractivity contribution in [3.8, 4) is 0 Å². The summed E-state index contributed by atoms with van der Waals surface area (Å²) in [6.07, 6.45) is 2.19. The molecular formula is C22H29N3O3. The smallest absolute Gasteiger partial charge is 0.254 e. The van der Waals surface area contributed by atoms with E-state index in [4.69, 9.17) is 0 Å². The van der Waals surface area contributed by atoms with Crippen LogP contribution in [0.3, 0.4) is 0 Å². The number of carbonyl (C=O) groups excluding carboxylic acids is 3. The highest BCUT2D eigenvalue weighted by Gasteiger charge is 2.60. The van der Waals surface area contributed by atoms with Crippen molar-refractivity contribution in [2.75, 3.05) is 19.6 Å². The Morgan fingerprint density at radius 1 is 1.25 bits per heavy atom. The predicted octanol–water partition coefficient (Wildman–Crippen LogP) is 2.11. The van der Waals surface area contributed by atoms with Crippen LogP contribution in [0, 0.1) is 17.3 Å². The third-order valence-corrected chi connectivity index (χ3v) is 5.70. The molecule has 0 radical (unpaired) electrons. The van der Waals surface area contributed by atoms with E-state index in [0.717, 1.165) is 5.56 Å². The molecule has 0 unspecified atom stereocenters. The second-order valence-corrected chi connectivity index (χ2v) is 8.56. The van der Waals surface area contributed by atoms with E-state index in [1.54, 1.807) is 17.0 Å². The zero-order valence-electron chi connectivity index (χ0n) is 17.0. The van der Waals surface area contributed by atoms with E-state index in [9.17, 15) is 14.4 Å². The summed E-state index contributed by atoms with van der Waals surface area (Å²) in [5.41, 5.74) is 2.73. The van der Waals surface area contributed by atoms with E-state index in [1.165, 1.54) is 5.57 Å². The topological polar surface area (TPSA) is 78.5 Å². The van der Waals surface area contributed by atoms with Gasteiger partial charge in [0, 0.05) is 25.2 Å². The summed E-state index contributed by atoms with van der Waals surface area (Å²) in [5, 5.41) is 5.73. The van der Waals surface area contributed by atoms with Gasteiger partial charge in [-0.2, -0.15) is 0 Å². The van der Waals surface area contributed by atoms with E-state index >= 15 is 0 Å². The largest absolute Gasteiger partial charge is 0.353 e. The molecular weight excluding hydrogens is 354 g/mol. The number of rotatable bonds is 5. The number of nitrogens with one attached hydrogen (secondary N) is 2. The maximum atomic E-state index is 12.6. The van der Waals surface area contributed by atoms with Gasteiger partial charge in [-0.05, 0) is 42.9 Å². The van der Waals surface area contributed by atoms with Gasteiger partial charge in [-0.15, -0.1) is 0 Å². The number of allylic oxidation sites excluding steroid dienone is 2. The normalized spacial score (nSPS) is 22.9. The number of nitrogens with zero attached hydrogens (tertiary/aromatic N) is 1. The first-order valence-electron chi connectivity index (χ1n) is 9.78. The van der Waals surface area contributed by atoms with Crippen LogP contribution in [-0.2, 0) is 16.1 Å². The van der Waals surface area contributed by atoms with Gasteiger partial charge in [-0.1, -0.05) is 37.6 Å². The zero-order valence-corrected chi connectivity index (χ0v) is 17.0. The molecule has 28 heavy (non-hydrogen) atoms. The lowest BCUT2D eigenvalue weighted by Crippen LogP contribution is -2.49. The molecule has 2 fully saturated rings. The lowest BCUT2D eigenvalue weighted by atomic mass is 10.1. The molecule has 1 aromatic rings. The van der Waals surface area contributed by atoms with Gasteiger partial charge in [-0.3, -0.25) is 14.4 Å². The minimum atomic E-state index is -0.144. The maximum Gasteiger partial charge on any atom is 0.254 e. The Morgan fingerprint density at radius 3 is 2.54 bits per heavy atom. The fraction of sp³-hybridized carbons (Fsp3) is 0.500. The Morgan fingerprint density at radius 2 is 1.93 bits per heavy atom. The van der Waals surface area contributed by atoms with Gasteiger partial charge in [0.2, 0.25) is 11.8 Å². The fourth-order valence-corrected chi connectivity index (χ4v) is 3.91. The Kier molecular flexibility index (Phi) is 5.59. The standard InChI is InChI=1S/C22H29N3O3/c1-14(2)11-17-19(22(17,3)4)20(27)24-12-15-5-7-16(8-6-15)21(28)25-10-9-23-18(26)13-25/h5-8,11,17,19H,9-10,12-13H2,1-4H3,(H,23,26)(H,24,27)/t17-,19-/m0/s1. The lowest BCUT2D eigenvalue weighted by Gasteiger charge is -2.26. The summed E-state index contributed by atoms with van der Waals surface area (Å²) in [6.45, 7) is 9.91. The van der Waals surface area contributed by atoms with Crippen LogP contribution in [0.4, 0.5) is 0 Å². The summed E-state index contributed by atoms with van der Waals surface area (Å²) >= 11 is 0. The van der Waals surface area contributed by atoms with Gasteiger partial charge in [0.25, 0.3) is 5.91 Å². The monoisotopic (exact) mass is 383 g/mol. The van der Waals surface area contributed by atoms with Crippen molar-refractivity contribution in [1.29, 1.82) is 0 Å². The van der Waals surface area contributed by atoms with E-state index < -0.39 is 0 Å². The second kappa shape index (κ2) is 7.78. The van der Waals surface area contributed by atoms with Gasteiger partial charge in [0.1, 0.15) is 0 Å². The zero-order chi connectivity index (χ0) is 20.5. The van der Waals surface area contributed by atoms with Crippen molar-refractivity contribution >= 4 is 17.7 Å². The van der Waals surface area contributed by atoms with Crippen molar-refractivity contribution in [3.63, 3.8) is 0 Å². The van der Waals surface area contributed by atoms with Crippen LogP contribution in [0.5, 0.6) is 0 Å². The van der Waals surface area contributed by atoms with Gasteiger partial charge >= 0.3 is 0 Å². The van der Waals surface area contributed by atoms with E-state index in [2.05, 4.69) is 44.4 Å². The first-order chi connectivity index (χ1) is 13.2. The van der Waals surface area contributed by atoms with Gasteiger partial charge in [0.15, 0.2) is 0 Å². The number of hydrogen-bond donors (Lipinski definition) is 2. The van der Waals surface area contributed by atoms with E-state index in [0.29, 0.717) is 31.1 Å². The van der Waals surface area contributed by atoms with Crippen molar-refractivity contribution in [2.45, 2.75) is 34.2 Å². The Balaban J connectivity index is 1.55. The first kappa shape index (κ1) is 20.1. The highest BCUT2D eigenvalue weighted by atomic mass is 16.2. The van der Waals surface area contributed by atoms with Crippen molar-refractivity contribution in [2.24, 2.45) is 17.3 Å². The van der Waals surface area contributed by atoms with Crippen molar-refractivity contribution in [3.05, 3.63) is 47.0 Å². The van der Waals surface area contributed by atoms with Gasteiger partial charge < -0.3 is 15.5 Å². The molecule has 0 aromatic heterocycles. The Bertz CT molecular complexity index is 807. The third-order valence-electron chi connectivity index (χ3n) is 5.70. The predicted molar refractivity (Wildman–Crippen MR) is 107 cm³/mol. The van der Waals surface area contributed by atoms with Crippen LogP contribution in [-0.4, -0.2) is 42.3 Å². The summed E-state index contributed by atoms with van der Waals surface area (Å²) in [7, 11) is 0. The summed E-state index contributed by atoms with van der Waals surface area (Å²) in [5.74, 6) is 0.0998. The molecule has 2 atom stereocenters. The molecule has 1 aromatic carbocycles. The molecule has 3 amide bonds. The average molecular weight is 383 g/mol. The molecule has 3 rings (SSSR count). The molecule has 1 heterocycles. The maximum absolute atomic E-state index is 12.6. The van der Waals surface area contributed by atoms with Gasteiger partial charge in [0.05, 0.1) is 12.5 Å². The first-order valence-corrected chi connectivity index (χ1v) is 9.78. The molecule has 2 N–H and O–H groups in total. The minimum Gasteiger partial charge on any atom is -0.353 e. The van der Waals surface area contributed by atoms with Crippen LogP contribution in [0.1, 0.15) is 43.6 Å². The fourth-order valence-electron chi connectivity index (χ4n) is 3.91. The number of hydrogen-bond acceptors (Lipinski definition) is 3. The number of piperazine rings is 1. The second-order valence-electron chi connectivity index (χ2n) is 8.56. The van der Waals surface area contributed by atoms with E-state index in [1.807, 2.05) is 12.1 Å². The summed E-state index contributed by atoms with van der Waals surface area (Å²) in [6, 6.07) is 7.21. The number of carbonyl (C=O) groups is 3. The minimum absolute atomic E-state index is 0.00162. The van der Waals surface area contributed by atoms with Crippen LogP contribution in [0.25, 0.3) is 0 Å². The molecule has 6 nitrogen and oxygen atoms in total. The van der Waals surface area contributed by atoms with Crippen LogP contribution in [0.15, 0.2) is 35.9 Å². The Hall–Kier alpha value is -2.63. The third kappa shape index (κ3) is 4.26. The molecule has 0 spiro atoms. The van der Waals surface area contributed by atoms with Crippen LogP contribution < -0.4 is 10.6 Å². The molecule has 2 aliphatic rings. The number of benzene rings is 1. The summed E-state index contributed by atoms with van der Waals surface area (Å²) in [4.78, 5) is 38.0. The molecule has 1 saturated carbocycles. The highest BCUT2D eigenvalue weighted by Crippen LogP contribution is 2.59. The molecule has 6 heteroatoms. The molecule has 0 bridgehead atoms. The summed E-state index contributed by atoms with van der Waals surface area (Å²) < 4.78 is 0. The van der Waals surface area contributed by atoms with Gasteiger partial charge in [-0.25, -0.2) is 0 Å². The van der Waals surface area contributed by atoms with E-state index in [-0.39, 0.29) is 35.6 Å². The lowest BCUT2D eigenvalue weighted by molar-refractivity contribution is -0.124. The SMILES string of the molecule is CC(C)=C[C@H]1[C@@H](C(=O)NCc2ccc(C(=O)N3CCNC(=O)C3)cc2)C1(C)C. The number of amides is 3. The quantitative estimate of drug-likeness (QED) is 0.765. The molecule has 1 saturated heterocycles. The van der Waals surface area contributed by atoms with Crippen molar-refractivity contribution in [1.82, 2.24) is 15.5 Å². The molecule has 1 aliphatic carbocycles. The van der Waals surface area contributed by atoms with Crippen molar-refractivity contribution < 1.29 is 14.4 Å². The van der Waals surface area contributed by atoms with Crippen LogP contribution >= 0.6 is 0 Å². The van der Waals surface area contributed by atoms with Crippen LogP contribution in [0.2, 0.25) is 0 Å². The molecule has 150 valence electrons.